The summed E-state index contributed by atoms with van der Waals surface area (Å²) in [5, 5.41) is 0. The summed E-state index contributed by atoms with van der Waals surface area (Å²) >= 11 is 0. The molecule has 7 heteroatoms. The fraction of sp³-hybridized carbons (Fsp3) is 0.737. The number of amides is 1. The molecule has 3 fully saturated rings. The number of piperidine rings is 1. The molecule has 2 aliphatic heterocycles. The highest BCUT2D eigenvalue weighted by molar-refractivity contribution is 7.89. The van der Waals surface area contributed by atoms with Crippen molar-refractivity contribution in [3.05, 3.63) is 18.0 Å². The number of hydrogen-bond acceptors (Lipinski definition) is 3. The molecule has 0 aromatic carbocycles. The van der Waals surface area contributed by atoms with Crippen LogP contribution in [0.5, 0.6) is 0 Å². The quantitative estimate of drug-likeness (QED) is 0.878. The largest absolute Gasteiger partial charge is 0.356 e. The van der Waals surface area contributed by atoms with Crippen LogP contribution in [0.25, 0.3) is 0 Å². The van der Waals surface area contributed by atoms with Gasteiger partial charge in [-0.05, 0) is 62.8 Å². The molecule has 3 atom stereocenters. The molecular formula is C19H29N3O3S. The number of nitrogens with zero attached hydrogens (tertiary/aromatic N) is 2. The van der Waals surface area contributed by atoms with Gasteiger partial charge in [-0.2, -0.15) is 4.31 Å². The maximum Gasteiger partial charge on any atom is 0.270 e. The highest BCUT2D eigenvalue weighted by atomic mass is 32.2. The third-order valence-corrected chi connectivity index (χ3v) is 8.32. The summed E-state index contributed by atoms with van der Waals surface area (Å²) < 4.78 is 28.2. The minimum Gasteiger partial charge on any atom is -0.356 e. The van der Waals surface area contributed by atoms with E-state index in [-0.39, 0.29) is 16.8 Å². The van der Waals surface area contributed by atoms with E-state index in [1.54, 1.807) is 9.21 Å². The lowest BCUT2D eigenvalue weighted by Gasteiger charge is -2.44. The first-order chi connectivity index (χ1) is 12.5. The van der Waals surface area contributed by atoms with Gasteiger partial charge in [-0.25, -0.2) is 8.42 Å². The Balaban J connectivity index is 1.55. The average Bonchev–Trinajstić information content (AvgIpc) is 3.32. The Kier molecular flexibility index (Phi) is 4.86. The number of likely N-dealkylation sites (tertiary alicyclic amines) is 1. The van der Waals surface area contributed by atoms with Gasteiger partial charge in [0.1, 0.15) is 10.6 Å². The van der Waals surface area contributed by atoms with Crippen LogP contribution >= 0.6 is 0 Å². The van der Waals surface area contributed by atoms with Crippen molar-refractivity contribution >= 4 is 15.9 Å². The molecule has 144 valence electrons. The number of fused-ring (bicyclic) bond motifs is 1. The van der Waals surface area contributed by atoms with Crippen LogP contribution in [0, 0.1) is 11.8 Å². The molecule has 1 N–H and O–H groups in total. The van der Waals surface area contributed by atoms with E-state index in [4.69, 9.17) is 0 Å². The number of rotatable bonds is 3. The zero-order valence-corrected chi connectivity index (χ0v) is 16.3. The number of aromatic nitrogens is 1. The maximum atomic E-state index is 13.3. The first-order valence-electron chi connectivity index (χ1n) is 9.96. The Morgan fingerprint density at radius 2 is 1.88 bits per heavy atom. The van der Waals surface area contributed by atoms with Crippen LogP contribution in [0.15, 0.2) is 17.2 Å². The second-order valence-electron chi connectivity index (χ2n) is 8.25. The monoisotopic (exact) mass is 379 g/mol. The summed E-state index contributed by atoms with van der Waals surface area (Å²) in [6.45, 7) is 4.38. The van der Waals surface area contributed by atoms with Gasteiger partial charge < -0.3 is 9.88 Å². The topological polar surface area (TPSA) is 73.5 Å². The fourth-order valence-electron chi connectivity index (χ4n) is 5.02. The van der Waals surface area contributed by atoms with Gasteiger partial charge in [0, 0.05) is 31.9 Å². The molecule has 0 bridgehead atoms. The highest BCUT2D eigenvalue weighted by Gasteiger charge is 2.41. The zero-order valence-electron chi connectivity index (χ0n) is 15.5. The summed E-state index contributed by atoms with van der Waals surface area (Å²) in [7, 11) is -3.55. The summed E-state index contributed by atoms with van der Waals surface area (Å²) in [6.07, 6.45) is 8.77. The van der Waals surface area contributed by atoms with Gasteiger partial charge in [-0.1, -0.05) is 6.92 Å². The first-order valence-corrected chi connectivity index (χ1v) is 11.4. The van der Waals surface area contributed by atoms with Crippen molar-refractivity contribution in [1.82, 2.24) is 14.2 Å². The van der Waals surface area contributed by atoms with Crippen LogP contribution in [-0.4, -0.2) is 54.2 Å². The lowest BCUT2D eigenvalue weighted by molar-refractivity contribution is 0.0787. The van der Waals surface area contributed by atoms with Crippen molar-refractivity contribution < 1.29 is 13.2 Å². The smallest absolute Gasteiger partial charge is 0.270 e. The number of carbonyl (C=O) groups is 1. The molecule has 2 saturated heterocycles. The van der Waals surface area contributed by atoms with E-state index in [2.05, 4.69) is 11.9 Å². The molecule has 1 aliphatic carbocycles. The molecule has 1 saturated carbocycles. The normalized spacial score (nSPS) is 30.3. The molecule has 1 amide bonds. The van der Waals surface area contributed by atoms with Crippen LogP contribution in [0.1, 0.15) is 62.4 Å². The van der Waals surface area contributed by atoms with Crippen molar-refractivity contribution in [2.75, 3.05) is 19.6 Å². The van der Waals surface area contributed by atoms with E-state index in [9.17, 15) is 13.2 Å². The summed E-state index contributed by atoms with van der Waals surface area (Å²) in [6, 6.07) is 1.66. The first kappa shape index (κ1) is 18.0. The predicted octanol–water partition coefficient (Wildman–Crippen LogP) is 2.84. The van der Waals surface area contributed by atoms with E-state index < -0.39 is 10.0 Å². The minimum atomic E-state index is -3.55. The predicted molar refractivity (Wildman–Crippen MR) is 99.3 cm³/mol. The lowest BCUT2D eigenvalue weighted by atomic mass is 9.75. The standard InChI is InChI=1S/C19H29N3O3S/c1-14-6-7-18-15(11-14)5-4-10-22(18)26(24,25)16-12-17(20-13-16)19(23)21-8-2-3-9-21/h12-15,18,20H,2-11H2,1H3/t14-,15+,18-/m1/s1. The number of aromatic amines is 1. The Morgan fingerprint density at radius 1 is 1.12 bits per heavy atom. The van der Waals surface area contributed by atoms with Gasteiger partial charge in [-0.3, -0.25) is 4.79 Å². The molecule has 4 rings (SSSR count). The molecule has 6 nitrogen and oxygen atoms in total. The number of carbonyl (C=O) groups excluding carboxylic acids is 1. The van der Waals surface area contributed by atoms with E-state index in [1.165, 1.54) is 12.3 Å². The molecule has 0 unspecified atom stereocenters. The van der Waals surface area contributed by atoms with Crippen LogP contribution in [0.4, 0.5) is 0 Å². The Bertz CT molecular complexity index is 767. The number of nitrogens with one attached hydrogen (secondary N) is 1. The Morgan fingerprint density at radius 3 is 2.65 bits per heavy atom. The molecule has 1 aromatic heterocycles. The third kappa shape index (κ3) is 3.20. The van der Waals surface area contributed by atoms with Gasteiger partial charge in [0.05, 0.1) is 0 Å². The number of sulfonamides is 1. The van der Waals surface area contributed by atoms with Gasteiger partial charge >= 0.3 is 0 Å². The summed E-state index contributed by atoms with van der Waals surface area (Å²) in [5.74, 6) is 1.08. The second-order valence-corrected chi connectivity index (χ2v) is 10.1. The molecule has 26 heavy (non-hydrogen) atoms. The van der Waals surface area contributed by atoms with Crippen molar-refractivity contribution in [3.63, 3.8) is 0 Å². The average molecular weight is 380 g/mol. The molecule has 3 aliphatic rings. The lowest BCUT2D eigenvalue weighted by Crippen LogP contribution is -2.50. The van der Waals surface area contributed by atoms with Crippen LogP contribution < -0.4 is 0 Å². The minimum absolute atomic E-state index is 0.0908. The maximum absolute atomic E-state index is 13.3. The van der Waals surface area contributed by atoms with E-state index >= 15 is 0 Å². The van der Waals surface area contributed by atoms with Gasteiger partial charge in [0.15, 0.2) is 0 Å². The second kappa shape index (κ2) is 7.00. The van der Waals surface area contributed by atoms with E-state index in [0.29, 0.717) is 24.1 Å². The van der Waals surface area contributed by atoms with Crippen LogP contribution in [-0.2, 0) is 10.0 Å². The molecular weight excluding hydrogens is 350 g/mol. The summed E-state index contributed by atoms with van der Waals surface area (Å²) in [5.41, 5.74) is 0.385. The number of hydrogen-bond donors (Lipinski definition) is 1. The van der Waals surface area contributed by atoms with Crippen molar-refractivity contribution in [3.8, 4) is 0 Å². The molecule has 3 heterocycles. The van der Waals surface area contributed by atoms with Gasteiger partial charge in [-0.15, -0.1) is 0 Å². The summed E-state index contributed by atoms with van der Waals surface area (Å²) in [4.78, 5) is 17.5. The van der Waals surface area contributed by atoms with Crippen molar-refractivity contribution in [2.24, 2.45) is 11.8 Å². The molecule has 0 radical (unpaired) electrons. The van der Waals surface area contributed by atoms with Gasteiger partial charge in [0.2, 0.25) is 10.0 Å². The Labute approximate surface area is 156 Å². The van der Waals surface area contributed by atoms with E-state index in [1.807, 2.05) is 0 Å². The van der Waals surface area contributed by atoms with Crippen LogP contribution in [0.3, 0.4) is 0 Å². The Hall–Kier alpha value is -1.34. The van der Waals surface area contributed by atoms with Gasteiger partial charge in [0.25, 0.3) is 5.91 Å². The highest BCUT2D eigenvalue weighted by Crippen LogP contribution is 2.40. The molecule has 0 spiro atoms. The van der Waals surface area contributed by atoms with Crippen molar-refractivity contribution in [1.29, 1.82) is 0 Å². The SMILES string of the molecule is C[C@@H]1CC[C@@H]2[C@@H](CCCN2S(=O)(=O)c2c[nH]c(C(=O)N3CCCC3)c2)C1. The van der Waals surface area contributed by atoms with E-state index in [0.717, 1.165) is 58.0 Å². The third-order valence-electron chi connectivity index (χ3n) is 6.41. The van der Waals surface area contributed by atoms with Crippen LogP contribution in [0.2, 0.25) is 0 Å². The zero-order chi connectivity index (χ0) is 18.3. The number of H-pyrrole nitrogens is 1. The molecule has 1 aromatic rings. The van der Waals surface area contributed by atoms with Crippen molar-refractivity contribution in [2.45, 2.75) is 62.8 Å². The fourth-order valence-corrected chi connectivity index (χ4v) is 6.77.